The molecule has 1 aromatic heterocycles. The summed E-state index contributed by atoms with van der Waals surface area (Å²) >= 11 is 1.35. The van der Waals surface area contributed by atoms with E-state index in [0.717, 1.165) is 23.5 Å². The van der Waals surface area contributed by atoms with E-state index in [0.29, 0.717) is 4.21 Å². The lowest BCUT2D eigenvalue weighted by Gasteiger charge is -2.27. The zero-order chi connectivity index (χ0) is 15.6. The van der Waals surface area contributed by atoms with Crippen LogP contribution < -0.4 is 10.0 Å². The SMILES string of the molecule is CCNCc1sc(S(=O)(=O)NC(C)C(C)(C)C)cc1C. The highest BCUT2D eigenvalue weighted by Crippen LogP contribution is 2.27. The van der Waals surface area contributed by atoms with Crippen LogP contribution in [0.3, 0.4) is 0 Å². The number of hydrogen-bond acceptors (Lipinski definition) is 4. The van der Waals surface area contributed by atoms with Gasteiger partial charge in [0.05, 0.1) is 0 Å². The maximum Gasteiger partial charge on any atom is 0.250 e. The topological polar surface area (TPSA) is 58.2 Å². The van der Waals surface area contributed by atoms with Crippen LogP contribution in [0.15, 0.2) is 10.3 Å². The van der Waals surface area contributed by atoms with Crippen molar-refractivity contribution in [2.24, 2.45) is 5.41 Å². The summed E-state index contributed by atoms with van der Waals surface area (Å²) in [6, 6.07) is 1.64. The van der Waals surface area contributed by atoms with E-state index in [9.17, 15) is 8.42 Å². The van der Waals surface area contributed by atoms with Crippen molar-refractivity contribution in [3.63, 3.8) is 0 Å². The fraction of sp³-hybridized carbons (Fsp3) is 0.714. The van der Waals surface area contributed by atoms with Gasteiger partial charge in [0.15, 0.2) is 0 Å². The van der Waals surface area contributed by atoms with Crippen LogP contribution in [0.2, 0.25) is 0 Å². The lowest BCUT2D eigenvalue weighted by molar-refractivity contribution is 0.318. The first-order chi connectivity index (χ1) is 9.08. The summed E-state index contributed by atoms with van der Waals surface area (Å²) in [6.45, 7) is 13.6. The molecule has 1 atom stereocenters. The molecule has 0 saturated carbocycles. The van der Waals surface area contributed by atoms with Crippen molar-refractivity contribution < 1.29 is 8.42 Å². The minimum absolute atomic E-state index is 0.105. The molecule has 0 amide bonds. The molecule has 1 rings (SSSR count). The van der Waals surface area contributed by atoms with Gasteiger partial charge >= 0.3 is 0 Å². The number of aryl methyl sites for hydroxylation is 1. The summed E-state index contributed by atoms with van der Waals surface area (Å²) in [7, 11) is -3.43. The molecule has 0 radical (unpaired) electrons. The molecular weight excluding hydrogens is 292 g/mol. The zero-order valence-corrected chi connectivity index (χ0v) is 14.8. The molecule has 2 N–H and O–H groups in total. The maximum atomic E-state index is 12.4. The van der Waals surface area contributed by atoms with Crippen LogP contribution in [0, 0.1) is 12.3 Å². The van der Waals surface area contributed by atoms with Gasteiger partial charge in [-0.1, -0.05) is 27.7 Å². The molecule has 0 fully saturated rings. The van der Waals surface area contributed by atoms with Gasteiger partial charge in [-0.25, -0.2) is 13.1 Å². The largest absolute Gasteiger partial charge is 0.312 e. The second-order valence-corrected chi connectivity index (χ2v) is 9.24. The minimum atomic E-state index is -3.43. The summed E-state index contributed by atoms with van der Waals surface area (Å²) in [5, 5.41) is 3.23. The average molecular weight is 319 g/mol. The Morgan fingerprint density at radius 2 is 1.95 bits per heavy atom. The van der Waals surface area contributed by atoms with Gasteiger partial charge in [0.2, 0.25) is 10.0 Å². The lowest BCUT2D eigenvalue weighted by atomic mass is 9.89. The van der Waals surface area contributed by atoms with Crippen molar-refractivity contribution in [3.8, 4) is 0 Å². The van der Waals surface area contributed by atoms with E-state index in [1.807, 2.05) is 41.5 Å². The van der Waals surface area contributed by atoms with Crippen LogP contribution >= 0.6 is 11.3 Å². The molecule has 0 aromatic carbocycles. The predicted molar refractivity (Wildman–Crippen MR) is 85.7 cm³/mol. The van der Waals surface area contributed by atoms with Gasteiger partial charge in [0.1, 0.15) is 4.21 Å². The predicted octanol–water partition coefficient (Wildman–Crippen LogP) is 2.88. The Hall–Kier alpha value is -0.430. The Labute approximate surface area is 127 Å². The van der Waals surface area contributed by atoms with Gasteiger partial charge in [-0.05, 0) is 37.4 Å². The Morgan fingerprint density at radius 1 is 1.35 bits per heavy atom. The summed E-state index contributed by atoms with van der Waals surface area (Å²) in [4.78, 5) is 1.08. The molecule has 0 bridgehead atoms. The van der Waals surface area contributed by atoms with Gasteiger partial charge < -0.3 is 5.32 Å². The lowest BCUT2D eigenvalue weighted by Crippen LogP contribution is -2.41. The second kappa shape index (κ2) is 6.56. The van der Waals surface area contributed by atoms with Crippen LogP contribution in [0.5, 0.6) is 0 Å². The van der Waals surface area contributed by atoms with Crippen molar-refractivity contribution in [1.29, 1.82) is 0 Å². The van der Waals surface area contributed by atoms with Crippen molar-refractivity contribution in [3.05, 3.63) is 16.5 Å². The Balaban J connectivity index is 2.93. The van der Waals surface area contributed by atoms with E-state index in [2.05, 4.69) is 10.0 Å². The van der Waals surface area contributed by atoms with E-state index in [4.69, 9.17) is 0 Å². The van der Waals surface area contributed by atoms with Gasteiger partial charge in [0.25, 0.3) is 0 Å². The molecule has 4 nitrogen and oxygen atoms in total. The van der Waals surface area contributed by atoms with Crippen molar-refractivity contribution >= 4 is 21.4 Å². The third-order valence-corrected chi connectivity index (χ3v) is 6.68. The van der Waals surface area contributed by atoms with E-state index in [1.165, 1.54) is 11.3 Å². The Morgan fingerprint density at radius 3 is 2.45 bits per heavy atom. The fourth-order valence-electron chi connectivity index (χ4n) is 1.50. The molecule has 0 saturated heterocycles. The Kier molecular flexibility index (Phi) is 5.78. The third kappa shape index (κ3) is 4.55. The quantitative estimate of drug-likeness (QED) is 0.848. The van der Waals surface area contributed by atoms with Crippen LogP contribution in [0.25, 0.3) is 0 Å². The minimum Gasteiger partial charge on any atom is -0.312 e. The van der Waals surface area contributed by atoms with E-state index in [1.54, 1.807) is 6.07 Å². The first-order valence-electron chi connectivity index (χ1n) is 6.90. The standard InChI is InChI=1S/C14H26N2O2S2/c1-7-15-9-12-10(2)8-13(19-12)20(17,18)16-11(3)14(4,5)6/h8,11,15-16H,7,9H2,1-6H3. The summed E-state index contributed by atoms with van der Waals surface area (Å²) in [6.07, 6.45) is 0. The molecule has 6 heteroatoms. The van der Waals surface area contributed by atoms with E-state index < -0.39 is 10.0 Å². The molecule has 20 heavy (non-hydrogen) atoms. The fourth-order valence-corrected chi connectivity index (χ4v) is 4.53. The molecule has 116 valence electrons. The molecule has 1 heterocycles. The molecule has 0 aliphatic heterocycles. The number of nitrogens with one attached hydrogen (secondary N) is 2. The van der Waals surface area contributed by atoms with Gasteiger partial charge in [-0.2, -0.15) is 0 Å². The Bertz CT molecular complexity index is 542. The smallest absolute Gasteiger partial charge is 0.250 e. The monoisotopic (exact) mass is 318 g/mol. The number of sulfonamides is 1. The van der Waals surface area contributed by atoms with Gasteiger partial charge in [-0.15, -0.1) is 11.3 Å². The zero-order valence-electron chi connectivity index (χ0n) is 13.2. The van der Waals surface area contributed by atoms with E-state index >= 15 is 0 Å². The highest BCUT2D eigenvalue weighted by atomic mass is 32.2. The van der Waals surface area contributed by atoms with Crippen LogP contribution in [0.1, 0.15) is 45.1 Å². The molecular formula is C14H26N2O2S2. The summed E-state index contributed by atoms with van der Waals surface area (Å²) in [5.74, 6) is 0. The van der Waals surface area contributed by atoms with E-state index in [-0.39, 0.29) is 11.5 Å². The van der Waals surface area contributed by atoms with Crippen molar-refractivity contribution in [1.82, 2.24) is 10.0 Å². The first kappa shape index (κ1) is 17.6. The van der Waals surface area contributed by atoms with Crippen molar-refractivity contribution in [2.45, 2.75) is 58.3 Å². The average Bonchev–Trinajstić information content (AvgIpc) is 2.67. The van der Waals surface area contributed by atoms with Crippen LogP contribution in [-0.4, -0.2) is 21.0 Å². The summed E-state index contributed by atoms with van der Waals surface area (Å²) in [5.41, 5.74) is 0.922. The molecule has 1 aromatic rings. The normalized spacial score (nSPS) is 14.5. The highest BCUT2D eigenvalue weighted by Gasteiger charge is 2.27. The molecule has 1 unspecified atom stereocenters. The molecule has 0 aliphatic carbocycles. The molecule has 0 aliphatic rings. The van der Waals surface area contributed by atoms with Crippen LogP contribution in [-0.2, 0) is 16.6 Å². The number of rotatable bonds is 6. The number of hydrogen-bond donors (Lipinski definition) is 2. The summed E-state index contributed by atoms with van der Waals surface area (Å²) < 4.78 is 28.0. The first-order valence-corrected chi connectivity index (χ1v) is 9.20. The van der Waals surface area contributed by atoms with Crippen LogP contribution in [0.4, 0.5) is 0 Å². The third-order valence-electron chi connectivity index (χ3n) is 3.43. The van der Waals surface area contributed by atoms with Gasteiger partial charge in [0, 0.05) is 17.5 Å². The van der Waals surface area contributed by atoms with Gasteiger partial charge in [-0.3, -0.25) is 0 Å². The molecule has 0 spiro atoms. The highest BCUT2D eigenvalue weighted by molar-refractivity contribution is 7.91. The number of thiophene rings is 1. The van der Waals surface area contributed by atoms with Crippen molar-refractivity contribution in [2.75, 3.05) is 6.54 Å². The second-order valence-electron chi connectivity index (χ2n) is 6.16. The maximum absolute atomic E-state index is 12.4.